The Labute approximate surface area is 151 Å². The fourth-order valence-electron chi connectivity index (χ4n) is 3.12. The number of nitrogens with one attached hydrogen (secondary N) is 2. The van der Waals surface area contributed by atoms with Crippen molar-refractivity contribution in [1.29, 1.82) is 0 Å². The van der Waals surface area contributed by atoms with Gasteiger partial charge in [0.25, 0.3) is 0 Å². The standard InChI is InChI=1S/C19H32N4S/c1-15-12-18(22-19(20-3)21-13-16(2)24-4)10-11-23(15)14-17-8-6-5-7-9-17/h5-9,15-16,18H,10-14H2,1-4H3,(H2,20,21,22). The number of aliphatic imine (C=N–C) groups is 1. The number of nitrogens with zero attached hydrogens (tertiary/aromatic N) is 2. The van der Waals surface area contributed by atoms with Gasteiger partial charge in [0.05, 0.1) is 0 Å². The van der Waals surface area contributed by atoms with Crippen LogP contribution >= 0.6 is 11.8 Å². The molecule has 2 rings (SSSR count). The SMILES string of the molecule is CN=C(NCC(C)SC)NC1CCN(Cc2ccccc2)C(C)C1. The first-order chi connectivity index (χ1) is 11.6. The first kappa shape index (κ1) is 19.1. The molecule has 1 aromatic rings. The second-order valence-electron chi connectivity index (χ2n) is 6.67. The van der Waals surface area contributed by atoms with Crippen molar-refractivity contribution in [3.8, 4) is 0 Å². The molecule has 2 N–H and O–H groups in total. The summed E-state index contributed by atoms with van der Waals surface area (Å²) in [5.74, 6) is 0.935. The van der Waals surface area contributed by atoms with Crippen LogP contribution in [0.1, 0.15) is 32.3 Å². The highest BCUT2D eigenvalue weighted by atomic mass is 32.2. The molecular weight excluding hydrogens is 316 g/mol. The lowest BCUT2D eigenvalue weighted by molar-refractivity contribution is 0.134. The zero-order valence-corrected chi connectivity index (χ0v) is 16.3. The highest BCUT2D eigenvalue weighted by Crippen LogP contribution is 2.19. The van der Waals surface area contributed by atoms with Crippen molar-refractivity contribution in [3.63, 3.8) is 0 Å². The summed E-state index contributed by atoms with van der Waals surface area (Å²) in [6.45, 7) is 7.69. The lowest BCUT2D eigenvalue weighted by atomic mass is 9.97. The molecule has 1 aromatic carbocycles. The molecule has 0 aliphatic carbocycles. The Morgan fingerprint density at radius 3 is 2.75 bits per heavy atom. The van der Waals surface area contributed by atoms with E-state index in [4.69, 9.17) is 0 Å². The van der Waals surface area contributed by atoms with Crippen molar-refractivity contribution in [1.82, 2.24) is 15.5 Å². The number of thioether (sulfide) groups is 1. The Kier molecular flexibility index (Phi) is 7.92. The second kappa shape index (κ2) is 9.94. The molecule has 3 unspecified atom stereocenters. The van der Waals surface area contributed by atoms with Gasteiger partial charge in [-0.05, 0) is 31.6 Å². The van der Waals surface area contributed by atoms with E-state index in [2.05, 4.69) is 71.0 Å². The maximum Gasteiger partial charge on any atom is 0.191 e. The van der Waals surface area contributed by atoms with Crippen molar-refractivity contribution in [2.45, 2.75) is 50.6 Å². The van der Waals surface area contributed by atoms with E-state index in [0.29, 0.717) is 17.3 Å². The molecule has 134 valence electrons. The summed E-state index contributed by atoms with van der Waals surface area (Å²) in [7, 11) is 1.85. The quantitative estimate of drug-likeness (QED) is 0.612. The van der Waals surface area contributed by atoms with Crippen LogP contribution < -0.4 is 10.6 Å². The van der Waals surface area contributed by atoms with Crippen LogP contribution in [0.5, 0.6) is 0 Å². The molecule has 0 spiro atoms. The molecule has 4 nitrogen and oxygen atoms in total. The van der Waals surface area contributed by atoms with E-state index >= 15 is 0 Å². The predicted octanol–water partition coefficient (Wildman–Crippen LogP) is 2.96. The number of benzene rings is 1. The first-order valence-corrected chi connectivity index (χ1v) is 10.2. The highest BCUT2D eigenvalue weighted by molar-refractivity contribution is 7.99. The van der Waals surface area contributed by atoms with E-state index in [1.807, 2.05) is 18.8 Å². The van der Waals surface area contributed by atoms with E-state index in [-0.39, 0.29) is 0 Å². The Balaban J connectivity index is 1.79. The molecule has 24 heavy (non-hydrogen) atoms. The first-order valence-electron chi connectivity index (χ1n) is 8.90. The molecule has 1 fully saturated rings. The van der Waals surface area contributed by atoms with Gasteiger partial charge in [-0.2, -0.15) is 11.8 Å². The van der Waals surface area contributed by atoms with Crippen molar-refractivity contribution < 1.29 is 0 Å². The van der Waals surface area contributed by atoms with E-state index in [9.17, 15) is 0 Å². The summed E-state index contributed by atoms with van der Waals surface area (Å²) in [6.07, 6.45) is 4.47. The van der Waals surface area contributed by atoms with Gasteiger partial charge in [0.2, 0.25) is 0 Å². The number of hydrogen-bond acceptors (Lipinski definition) is 3. The molecule has 1 aliphatic heterocycles. The molecule has 0 aromatic heterocycles. The lowest BCUT2D eigenvalue weighted by Crippen LogP contribution is -2.51. The normalized spacial score (nSPS) is 23.8. The Hall–Kier alpha value is -1.20. The zero-order valence-electron chi connectivity index (χ0n) is 15.5. The highest BCUT2D eigenvalue weighted by Gasteiger charge is 2.25. The average molecular weight is 349 g/mol. The van der Waals surface area contributed by atoms with E-state index in [0.717, 1.165) is 38.4 Å². The Morgan fingerprint density at radius 1 is 1.38 bits per heavy atom. The van der Waals surface area contributed by atoms with Crippen LogP contribution in [0.25, 0.3) is 0 Å². The summed E-state index contributed by atoms with van der Waals surface area (Å²) in [4.78, 5) is 6.95. The van der Waals surface area contributed by atoms with Crippen LogP contribution in [-0.2, 0) is 6.54 Å². The zero-order chi connectivity index (χ0) is 17.4. The third kappa shape index (κ3) is 6.02. The molecule has 0 amide bonds. The number of guanidine groups is 1. The largest absolute Gasteiger partial charge is 0.355 e. The molecule has 3 atom stereocenters. The minimum atomic E-state index is 0.503. The molecule has 1 saturated heterocycles. The molecule has 0 saturated carbocycles. The van der Waals surface area contributed by atoms with E-state index < -0.39 is 0 Å². The fourth-order valence-corrected chi connectivity index (χ4v) is 3.37. The molecular formula is C19H32N4S. The van der Waals surface area contributed by atoms with Crippen LogP contribution in [-0.4, -0.2) is 54.6 Å². The minimum Gasteiger partial charge on any atom is -0.355 e. The summed E-state index contributed by atoms with van der Waals surface area (Å²) in [6, 6.07) is 11.9. The minimum absolute atomic E-state index is 0.503. The third-order valence-electron chi connectivity index (χ3n) is 4.77. The van der Waals surface area contributed by atoms with Crippen LogP contribution in [0, 0.1) is 0 Å². The number of rotatable bonds is 6. The van der Waals surface area contributed by atoms with Gasteiger partial charge in [-0.1, -0.05) is 37.3 Å². The number of likely N-dealkylation sites (tertiary alicyclic amines) is 1. The van der Waals surface area contributed by atoms with E-state index in [1.54, 1.807) is 0 Å². The van der Waals surface area contributed by atoms with Crippen molar-refractivity contribution >= 4 is 17.7 Å². The van der Waals surface area contributed by atoms with Gasteiger partial charge in [0, 0.05) is 44.0 Å². The Morgan fingerprint density at radius 2 is 2.12 bits per heavy atom. The van der Waals surface area contributed by atoms with Crippen LogP contribution in [0.4, 0.5) is 0 Å². The van der Waals surface area contributed by atoms with Gasteiger partial charge in [0.1, 0.15) is 0 Å². The number of piperidine rings is 1. The topological polar surface area (TPSA) is 39.7 Å². The van der Waals surface area contributed by atoms with E-state index in [1.165, 1.54) is 5.56 Å². The molecule has 5 heteroatoms. The maximum absolute atomic E-state index is 4.37. The Bertz CT molecular complexity index is 505. The smallest absolute Gasteiger partial charge is 0.191 e. The van der Waals surface area contributed by atoms with Crippen LogP contribution in [0.2, 0.25) is 0 Å². The van der Waals surface area contributed by atoms with Crippen molar-refractivity contribution in [2.75, 3.05) is 26.4 Å². The van der Waals surface area contributed by atoms with Gasteiger partial charge < -0.3 is 10.6 Å². The van der Waals surface area contributed by atoms with Gasteiger partial charge >= 0.3 is 0 Å². The van der Waals surface area contributed by atoms with Gasteiger partial charge in [-0.3, -0.25) is 9.89 Å². The van der Waals surface area contributed by atoms with Gasteiger partial charge in [-0.25, -0.2) is 0 Å². The number of hydrogen-bond donors (Lipinski definition) is 2. The predicted molar refractivity (Wildman–Crippen MR) is 107 cm³/mol. The average Bonchev–Trinajstić information content (AvgIpc) is 2.61. The lowest BCUT2D eigenvalue weighted by Gasteiger charge is -2.38. The third-order valence-corrected chi connectivity index (χ3v) is 5.74. The fraction of sp³-hybridized carbons (Fsp3) is 0.632. The summed E-state index contributed by atoms with van der Waals surface area (Å²) in [5.41, 5.74) is 1.40. The van der Waals surface area contributed by atoms with Crippen LogP contribution in [0.3, 0.4) is 0 Å². The van der Waals surface area contributed by atoms with Gasteiger partial charge in [0.15, 0.2) is 5.96 Å². The molecule has 0 bridgehead atoms. The van der Waals surface area contributed by atoms with Crippen molar-refractivity contribution in [2.24, 2.45) is 4.99 Å². The molecule has 1 heterocycles. The summed E-state index contributed by atoms with van der Waals surface area (Å²) < 4.78 is 0. The second-order valence-corrected chi connectivity index (χ2v) is 7.95. The monoisotopic (exact) mass is 348 g/mol. The molecule has 0 radical (unpaired) electrons. The van der Waals surface area contributed by atoms with Crippen LogP contribution in [0.15, 0.2) is 35.3 Å². The summed E-state index contributed by atoms with van der Waals surface area (Å²) in [5, 5.41) is 7.63. The van der Waals surface area contributed by atoms with Gasteiger partial charge in [-0.15, -0.1) is 0 Å². The maximum atomic E-state index is 4.37. The summed E-state index contributed by atoms with van der Waals surface area (Å²) >= 11 is 1.87. The van der Waals surface area contributed by atoms with Crippen molar-refractivity contribution in [3.05, 3.63) is 35.9 Å². The molecule has 1 aliphatic rings.